The quantitative estimate of drug-likeness (QED) is 0.643. The highest BCUT2D eigenvalue weighted by Gasteiger charge is 2.27. The Kier molecular flexibility index (Phi) is 6.68. The molecule has 1 heterocycles. The summed E-state index contributed by atoms with van der Waals surface area (Å²) in [4.78, 5) is 26.1. The Morgan fingerprint density at radius 2 is 1.83 bits per heavy atom. The molecule has 0 aromatic heterocycles. The van der Waals surface area contributed by atoms with Gasteiger partial charge < -0.3 is 15.5 Å². The smallest absolute Gasteiger partial charge is 0.375 e. The van der Waals surface area contributed by atoms with Crippen LogP contribution >= 0.6 is 11.8 Å². The molecule has 2 amide bonds. The van der Waals surface area contributed by atoms with Crippen LogP contribution in [0.2, 0.25) is 0 Å². The lowest BCUT2D eigenvalue weighted by atomic mass is 10.2. The Morgan fingerprint density at radius 1 is 1.10 bits per heavy atom. The lowest BCUT2D eigenvalue weighted by Gasteiger charge is -2.16. The van der Waals surface area contributed by atoms with Gasteiger partial charge in [-0.3, -0.25) is 9.59 Å². The SMILES string of the molecule is O=C(CNc1ccccc1SCC(F)(F)F)Nc1ccc(N2CCCC2=O)cc1. The summed E-state index contributed by atoms with van der Waals surface area (Å²) in [7, 11) is 0. The second-order valence-corrected chi connectivity index (χ2v) is 7.51. The van der Waals surface area contributed by atoms with Crippen LogP contribution in [0.1, 0.15) is 12.8 Å². The first-order valence-electron chi connectivity index (χ1n) is 9.04. The summed E-state index contributed by atoms with van der Waals surface area (Å²) in [5, 5.41) is 5.60. The molecule has 1 aliphatic heterocycles. The molecule has 0 spiro atoms. The van der Waals surface area contributed by atoms with Crippen LogP contribution in [0.5, 0.6) is 0 Å². The minimum Gasteiger partial charge on any atom is -0.375 e. The molecule has 29 heavy (non-hydrogen) atoms. The summed E-state index contributed by atoms with van der Waals surface area (Å²) in [6.07, 6.45) is -2.88. The molecule has 0 radical (unpaired) electrons. The average Bonchev–Trinajstić information content (AvgIpc) is 3.11. The normalized spacial score (nSPS) is 14.2. The maximum absolute atomic E-state index is 12.5. The van der Waals surface area contributed by atoms with E-state index in [4.69, 9.17) is 0 Å². The van der Waals surface area contributed by atoms with Crippen LogP contribution < -0.4 is 15.5 Å². The Labute approximate surface area is 170 Å². The van der Waals surface area contributed by atoms with Gasteiger partial charge in [-0.2, -0.15) is 13.2 Å². The average molecular weight is 423 g/mol. The van der Waals surface area contributed by atoms with Crippen LogP contribution in [0.15, 0.2) is 53.4 Å². The third-order valence-electron chi connectivity index (χ3n) is 4.25. The van der Waals surface area contributed by atoms with E-state index in [2.05, 4.69) is 10.6 Å². The number of amides is 2. The number of nitrogens with zero attached hydrogens (tertiary/aromatic N) is 1. The molecule has 2 aromatic rings. The summed E-state index contributed by atoms with van der Waals surface area (Å²) in [6, 6.07) is 13.5. The van der Waals surface area contributed by atoms with E-state index in [0.29, 0.717) is 41.0 Å². The van der Waals surface area contributed by atoms with Crippen LogP contribution in [-0.4, -0.2) is 36.8 Å². The number of rotatable bonds is 7. The fourth-order valence-electron chi connectivity index (χ4n) is 2.92. The zero-order valence-corrected chi connectivity index (χ0v) is 16.3. The summed E-state index contributed by atoms with van der Waals surface area (Å²) < 4.78 is 37.4. The zero-order chi connectivity index (χ0) is 20.9. The maximum atomic E-state index is 12.5. The minimum absolute atomic E-state index is 0.0873. The van der Waals surface area contributed by atoms with Gasteiger partial charge in [0.2, 0.25) is 11.8 Å². The Hall–Kier alpha value is -2.68. The number of benzene rings is 2. The molecule has 0 aliphatic carbocycles. The van der Waals surface area contributed by atoms with Gasteiger partial charge >= 0.3 is 6.18 Å². The third kappa shape index (κ3) is 6.15. The van der Waals surface area contributed by atoms with Crippen molar-refractivity contribution in [3.63, 3.8) is 0 Å². The topological polar surface area (TPSA) is 61.4 Å². The van der Waals surface area contributed by atoms with E-state index in [-0.39, 0.29) is 18.4 Å². The third-order valence-corrected chi connectivity index (χ3v) is 5.39. The Bertz CT molecular complexity index is 872. The van der Waals surface area contributed by atoms with Crippen LogP contribution in [0.25, 0.3) is 0 Å². The van der Waals surface area contributed by atoms with Crippen molar-refractivity contribution in [2.24, 2.45) is 0 Å². The van der Waals surface area contributed by atoms with Crippen molar-refractivity contribution in [1.29, 1.82) is 0 Å². The van der Waals surface area contributed by atoms with Crippen molar-refractivity contribution in [2.45, 2.75) is 23.9 Å². The number of alkyl halides is 3. The van der Waals surface area contributed by atoms with Crippen molar-refractivity contribution in [3.8, 4) is 0 Å². The number of carbonyl (C=O) groups is 2. The van der Waals surface area contributed by atoms with Gasteiger partial charge in [-0.25, -0.2) is 0 Å². The predicted molar refractivity (Wildman–Crippen MR) is 108 cm³/mol. The second kappa shape index (κ2) is 9.21. The molecule has 9 heteroatoms. The van der Waals surface area contributed by atoms with Crippen molar-refractivity contribution in [1.82, 2.24) is 0 Å². The molecule has 1 aliphatic rings. The number of anilines is 3. The van der Waals surface area contributed by atoms with E-state index in [1.807, 2.05) is 0 Å². The molecule has 5 nitrogen and oxygen atoms in total. The number of hydrogen-bond acceptors (Lipinski definition) is 4. The molecule has 2 aromatic carbocycles. The fraction of sp³-hybridized carbons (Fsp3) is 0.300. The van der Waals surface area contributed by atoms with Gasteiger partial charge in [0, 0.05) is 34.9 Å². The number of thioether (sulfide) groups is 1. The number of para-hydroxylation sites is 1. The minimum atomic E-state index is -4.26. The van der Waals surface area contributed by atoms with Crippen molar-refractivity contribution in [3.05, 3.63) is 48.5 Å². The summed E-state index contributed by atoms with van der Waals surface area (Å²) in [6.45, 7) is 0.607. The largest absolute Gasteiger partial charge is 0.398 e. The highest BCUT2D eigenvalue weighted by molar-refractivity contribution is 7.99. The van der Waals surface area contributed by atoms with Gasteiger partial charge in [0.05, 0.1) is 12.3 Å². The first-order chi connectivity index (χ1) is 13.8. The highest BCUT2D eigenvalue weighted by Crippen LogP contribution is 2.32. The van der Waals surface area contributed by atoms with Crippen molar-refractivity contribution in [2.75, 3.05) is 34.4 Å². The van der Waals surface area contributed by atoms with Gasteiger partial charge in [0.25, 0.3) is 0 Å². The molecule has 0 saturated carbocycles. The molecule has 0 atom stereocenters. The molecule has 2 N–H and O–H groups in total. The van der Waals surface area contributed by atoms with Crippen LogP contribution in [-0.2, 0) is 9.59 Å². The van der Waals surface area contributed by atoms with Gasteiger partial charge in [0.15, 0.2) is 0 Å². The van der Waals surface area contributed by atoms with E-state index in [9.17, 15) is 22.8 Å². The monoisotopic (exact) mass is 423 g/mol. The highest BCUT2D eigenvalue weighted by atomic mass is 32.2. The second-order valence-electron chi connectivity index (χ2n) is 6.50. The number of hydrogen-bond donors (Lipinski definition) is 2. The Balaban J connectivity index is 1.53. The summed E-state index contributed by atoms with van der Waals surface area (Å²) >= 11 is 0.672. The molecule has 154 valence electrons. The fourth-order valence-corrected chi connectivity index (χ4v) is 3.71. The molecular weight excluding hydrogens is 403 g/mol. The van der Waals surface area contributed by atoms with Crippen LogP contribution in [0.4, 0.5) is 30.2 Å². The standard InChI is InChI=1S/C20H20F3N3O2S/c21-20(22,23)13-29-17-5-2-1-4-16(17)24-12-18(27)25-14-7-9-15(10-8-14)26-11-3-6-19(26)28/h1-2,4-5,7-10,24H,3,6,11-13H2,(H,25,27). The van der Waals surface area contributed by atoms with E-state index in [1.165, 1.54) is 0 Å². The predicted octanol–water partition coefficient (Wildman–Crippen LogP) is 4.52. The zero-order valence-electron chi connectivity index (χ0n) is 15.5. The molecule has 1 saturated heterocycles. The van der Waals surface area contributed by atoms with E-state index in [0.717, 1.165) is 12.1 Å². The van der Waals surface area contributed by atoms with Crippen molar-refractivity contribution < 1.29 is 22.8 Å². The van der Waals surface area contributed by atoms with E-state index < -0.39 is 11.9 Å². The van der Waals surface area contributed by atoms with E-state index >= 15 is 0 Å². The van der Waals surface area contributed by atoms with Crippen LogP contribution in [0.3, 0.4) is 0 Å². The number of nitrogens with one attached hydrogen (secondary N) is 2. The number of carbonyl (C=O) groups excluding carboxylic acids is 2. The lowest BCUT2D eigenvalue weighted by Crippen LogP contribution is -2.24. The molecule has 1 fully saturated rings. The molecular formula is C20H20F3N3O2S. The molecule has 3 rings (SSSR count). The summed E-state index contributed by atoms with van der Waals surface area (Å²) in [5.41, 5.74) is 1.84. The van der Waals surface area contributed by atoms with Crippen LogP contribution in [0, 0.1) is 0 Å². The first kappa shape index (κ1) is 21.0. The van der Waals surface area contributed by atoms with Gasteiger partial charge in [-0.15, -0.1) is 11.8 Å². The maximum Gasteiger partial charge on any atom is 0.398 e. The molecule has 0 bridgehead atoms. The first-order valence-corrected chi connectivity index (χ1v) is 10.0. The lowest BCUT2D eigenvalue weighted by molar-refractivity contribution is -0.117. The van der Waals surface area contributed by atoms with Gasteiger partial charge in [-0.05, 0) is 42.8 Å². The number of halogens is 3. The van der Waals surface area contributed by atoms with Gasteiger partial charge in [-0.1, -0.05) is 12.1 Å². The van der Waals surface area contributed by atoms with Gasteiger partial charge in [0.1, 0.15) is 0 Å². The van der Waals surface area contributed by atoms with E-state index in [1.54, 1.807) is 53.4 Å². The summed E-state index contributed by atoms with van der Waals surface area (Å²) in [5.74, 6) is -1.23. The molecule has 0 unspecified atom stereocenters. The Morgan fingerprint density at radius 3 is 2.48 bits per heavy atom. The van der Waals surface area contributed by atoms with Crippen molar-refractivity contribution >= 4 is 40.6 Å².